The highest BCUT2D eigenvalue weighted by molar-refractivity contribution is 5.78. The number of hydrogen-bond donors (Lipinski definition) is 1. The standard InChI is InChI=1S/C23H21NO2/c1-23(2,3)17-12-13-21-19(14-17)24-22(26-21)16-10-8-15(9-11-16)18-6-4-5-7-20(18)25/h4-14,25H,1-3H3. The van der Waals surface area contributed by atoms with Gasteiger partial charge in [0.1, 0.15) is 11.3 Å². The molecule has 0 saturated heterocycles. The van der Waals surface area contributed by atoms with Crippen LogP contribution in [-0.4, -0.2) is 10.1 Å². The zero-order chi connectivity index (χ0) is 18.3. The Bertz CT molecular complexity index is 1070. The van der Waals surface area contributed by atoms with E-state index in [9.17, 15) is 5.11 Å². The first-order valence-corrected chi connectivity index (χ1v) is 8.72. The molecule has 0 unspecified atom stereocenters. The van der Waals surface area contributed by atoms with Gasteiger partial charge < -0.3 is 9.52 Å². The summed E-state index contributed by atoms with van der Waals surface area (Å²) in [5.41, 5.74) is 5.66. The molecule has 0 radical (unpaired) electrons. The first-order valence-electron chi connectivity index (χ1n) is 8.72. The minimum atomic E-state index is 0.0760. The fourth-order valence-electron chi connectivity index (χ4n) is 3.03. The van der Waals surface area contributed by atoms with Crippen LogP contribution in [0.5, 0.6) is 5.75 Å². The van der Waals surface area contributed by atoms with Crippen LogP contribution in [0.25, 0.3) is 33.7 Å². The van der Waals surface area contributed by atoms with Gasteiger partial charge in [-0.2, -0.15) is 0 Å². The predicted molar refractivity (Wildman–Crippen MR) is 105 cm³/mol. The second-order valence-corrected chi connectivity index (χ2v) is 7.55. The number of fused-ring (bicyclic) bond motifs is 1. The SMILES string of the molecule is CC(C)(C)c1ccc2oc(-c3ccc(-c4ccccc4O)cc3)nc2c1. The summed E-state index contributed by atoms with van der Waals surface area (Å²) in [5, 5.41) is 10.0. The number of phenolic OH excluding ortho intramolecular Hbond substituents is 1. The van der Waals surface area contributed by atoms with Crippen molar-refractivity contribution in [3.63, 3.8) is 0 Å². The highest BCUT2D eigenvalue weighted by atomic mass is 16.3. The Labute approximate surface area is 152 Å². The third-order valence-electron chi connectivity index (χ3n) is 4.60. The molecule has 0 bridgehead atoms. The fourth-order valence-corrected chi connectivity index (χ4v) is 3.03. The lowest BCUT2D eigenvalue weighted by Gasteiger charge is -2.18. The Hall–Kier alpha value is -3.07. The normalized spacial score (nSPS) is 11.8. The van der Waals surface area contributed by atoms with E-state index in [0.29, 0.717) is 5.89 Å². The van der Waals surface area contributed by atoms with Crippen LogP contribution in [0.3, 0.4) is 0 Å². The minimum absolute atomic E-state index is 0.0760. The summed E-state index contributed by atoms with van der Waals surface area (Å²) in [7, 11) is 0. The molecule has 0 spiro atoms. The second kappa shape index (κ2) is 6.03. The van der Waals surface area contributed by atoms with Crippen molar-refractivity contribution < 1.29 is 9.52 Å². The summed E-state index contributed by atoms with van der Waals surface area (Å²) in [6, 6.07) is 21.4. The summed E-state index contributed by atoms with van der Waals surface area (Å²) < 4.78 is 5.93. The van der Waals surface area contributed by atoms with E-state index in [1.54, 1.807) is 6.07 Å². The van der Waals surface area contributed by atoms with Crippen molar-refractivity contribution in [2.24, 2.45) is 0 Å². The number of hydrogen-bond acceptors (Lipinski definition) is 3. The molecule has 1 aromatic heterocycles. The third kappa shape index (κ3) is 2.97. The van der Waals surface area contributed by atoms with Crippen LogP contribution in [-0.2, 0) is 5.41 Å². The molecule has 26 heavy (non-hydrogen) atoms. The molecule has 0 fully saturated rings. The Morgan fingerprint density at radius 2 is 1.54 bits per heavy atom. The van der Waals surface area contributed by atoms with E-state index >= 15 is 0 Å². The lowest BCUT2D eigenvalue weighted by atomic mass is 9.87. The number of rotatable bonds is 2. The quantitative estimate of drug-likeness (QED) is 0.474. The van der Waals surface area contributed by atoms with Crippen molar-refractivity contribution in [2.45, 2.75) is 26.2 Å². The summed E-state index contributed by atoms with van der Waals surface area (Å²) >= 11 is 0. The van der Waals surface area contributed by atoms with Gasteiger partial charge in [-0.15, -0.1) is 0 Å². The molecule has 1 heterocycles. The Morgan fingerprint density at radius 3 is 2.23 bits per heavy atom. The average molecular weight is 343 g/mol. The fraction of sp³-hybridized carbons (Fsp3) is 0.174. The number of para-hydroxylation sites is 1. The summed E-state index contributed by atoms with van der Waals surface area (Å²) in [5.74, 6) is 0.881. The monoisotopic (exact) mass is 343 g/mol. The van der Waals surface area contributed by atoms with Crippen LogP contribution in [0, 0.1) is 0 Å². The van der Waals surface area contributed by atoms with Gasteiger partial charge in [-0.1, -0.05) is 57.2 Å². The van der Waals surface area contributed by atoms with Crippen molar-refractivity contribution in [1.82, 2.24) is 4.98 Å². The van der Waals surface area contributed by atoms with Crippen LogP contribution in [0.2, 0.25) is 0 Å². The predicted octanol–water partition coefficient (Wildman–Crippen LogP) is 6.16. The van der Waals surface area contributed by atoms with Crippen LogP contribution in [0.1, 0.15) is 26.3 Å². The topological polar surface area (TPSA) is 46.3 Å². The number of nitrogens with zero attached hydrogens (tertiary/aromatic N) is 1. The van der Waals surface area contributed by atoms with Crippen molar-refractivity contribution in [3.05, 3.63) is 72.3 Å². The molecule has 0 atom stereocenters. The molecule has 3 aromatic carbocycles. The average Bonchev–Trinajstić information content (AvgIpc) is 3.05. The Kier molecular flexibility index (Phi) is 3.80. The van der Waals surface area contributed by atoms with E-state index < -0.39 is 0 Å². The zero-order valence-corrected chi connectivity index (χ0v) is 15.2. The van der Waals surface area contributed by atoms with Gasteiger partial charge in [0.05, 0.1) is 0 Å². The molecule has 3 heteroatoms. The van der Waals surface area contributed by atoms with Gasteiger partial charge in [-0.3, -0.25) is 0 Å². The van der Waals surface area contributed by atoms with Gasteiger partial charge in [0.25, 0.3) is 0 Å². The van der Waals surface area contributed by atoms with E-state index in [-0.39, 0.29) is 11.2 Å². The van der Waals surface area contributed by atoms with E-state index in [1.807, 2.05) is 48.5 Å². The van der Waals surface area contributed by atoms with Crippen LogP contribution in [0.4, 0.5) is 0 Å². The lowest BCUT2D eigenvalue weighted by molar-refractivity contribution is 0.477. The molecule has 4 rings (SSSR count). The summed E-state index contributed by atoms with van der Waals surface area (Å²) in [6.45, 7) is 6.56. The molecule has 0 saturated carbocycles. The number of benzene rings is 3. The number of oxazole rings is 1. The molecule has 1 N–H and O–H groups in total. The van der Waals surface area contributed by atoms with Gasteiger partial charge >= 0.3 is 0 Å². The smallest absolute Gasteiger partial charge is 0.227 e. The lowest BCUT2D eigenvalue weighted by Crippen LogP contribution is -2.10. The number of phenols is 1. The molecule has 0 aliphatic carbocycles. The van der Waals surface area contributed by atoms with Gasteiger partial charge in [0, 0.05) is 11.1 Å². The molecule has 0 amide bonds. The van der Waals surface area contributed by atoms with Gasteiger partial charge in [0.15, 0.2) is 5.58 Å². The zero-order valence-electron chi connectivity index (χ0n) is 15.2. The van der Waals surface area contributed by atoms with Gasteiger partial charge in [0.2, 0.25) is 5.89 Å². The molecule has 0 aliphatic heterocycles. The third-order valence-corrected chi connectivity index (χ3v) is 4.60. The van der Waals surface area contributed by atoms with Gasteiger partial charge in [-0.05, 0) is 46.9 Å². The van der Waals surface area contributed by atoms with Crippen molar-refractivity contribution >= 4 is 11.1 Å². The molecule has 130 valence electrons. The van der Waals surface area contributed by atoms with E-state index in [0.717, 1.165) is 27.8 Å². The maximum atomic E-state index is 10.0. The first kappa shape index (κ1) is 16.4. The molecular formula is C23H21NO2. The van der Waals surface area contributed by atoms with Crippen molar-refractivity contribution in [1.29, 1.82) is 0 Å². The van der Waals surface area contributed by atoms with E-state index in [4.69, 9.17) is 4.42 Å². The minimum Gasteiger partial charge on any atom is -0.507 e. The number of aromatic nitrogens is 1. The largest absolute Gasteiger partial charge is 0.507 e. The van der Waals surface area contributed by atoms with Gasteiger partial charge in [-0.25, -0.2) is 4.98 Å². The molecular weight excluding hydrogens is 322 g/mol. The van der Waals surface area contributed by atoms with Crippen LogP contribution >= 0.6 is 0 Å². The summed E-state index contributed by atoms with van der Waals surface area (Å²) in [4.78, 5) is 4.66. The molecule has 4 aromatic rings. The Morgan fingerprint density at radius 1 is 0.846 bits per heavy atom. The van der Waals surface area contributed by atoms with Crippen molar-refractivity contribution in [3.8, 4) is 28.3 Å². The summed E-state index contributed by atoms with van der Waals surface area (Å²) in [6.07, 6.45) is 0. The second-order valence-electron chi connectivity index (χ2n) is 7.55. The van der Waals surface area contributed by atoms with E-state index in [1.165, 1.54) is 5.56 Å². The highest BCUT2D eigenvalue weighted by Crippen LogP contribution is 2.32. The molecule has 0 aliphatic rings. The van der Waals surface area contributed by atoms with Crippen LogP contribution in [0.15, 0.2) is 71.1 Å². The molecule has 3 nitrogen and oxygen atoms in total. The first-order chi connectivity index (χ1) is 12.4. The van der Waals surface area contributed by atoms with E-state index in [2.05, 4.69) is 37.9 Å². The van der Waals surface area contributed by atoms with Crippen molar-refractivity contribution in [2.75, 3.05) is 0 Å². The number of aromatic hydroxyl groups is 1. The van der Waals surface area contributed by atoms with Crippen LogP contribution < -0.4 is 0 Å². The maximum absolute atomic E-state index is 10.0. The highest BCUT2D eigenvalue weighted by Gasteiger charge is 2.16. The Balaban J connectivity index is 1.70. The maximum Gasteiger partial charge on any atom is 0.227 e.